The molecule has 0 unspecified atom stereocenters. The van der Waals surface area contributed by atoms with Crippen molar-refractivity contribution in [1.82, 2.24) is 0 Å². The average Bonchev–Trinajstić information content (AvgIpc) is 2.89. The number of amides is 1. The number of primary amides is 1. The van der Waals surface area contributed by atoms with Crippen LogP contribution in [0.1, 0.15) is 38.1 Å². The second kappa shape index (κ2) is 8.09. The van der Waals surface area contributed by atoms with Gasteiger partial charge < -0.3 is 21.1 Å². The van der Waals surface area contributed by atoms with E-state index >= 15 is 0 Å². The van der Waals surface area contributed by atoms with Crippen molar-refractivity contribution >= 4 is 51.2 Å². The highest BCUT2D eigenvalue weighted by Gasteiger charge is 2.22. The number of carbonyl (C=O) groups excluding carboxylic acids is 2. The molecular formula is C17H19N3O3S2. The van der Waals surface area contributed by atoms with Gasteiger partial charge in [0.2, 0.25) is 0 Å². The summed E-state index contributed by atoms with van der Waals surface area (Å²) in [5.41, 5.74) is 7.61. The largest absolute Gasteiger partial charge is 0.465 e. The number of thiophene rings is 1. The maximum atomic E-state index is 12.1. The summed E-state index contributed by atoms with van der Waals surface area (Å²) in [5.74, 6) is -0.967. The van der Waals surface area contributed by atoms with Crippen molar-refractivity contribution in [3.05, 3.63) is 45.8 Å². The van der Waals surface area contributed by atoms with Crippen LogP contribution in [0.5, 0.6) is 0 Å². The number of nitrogens with two attached hydrogens (primary N) is 1. The molecule has 0 bridgehead atoms. The third-order valence-electron chi connectivity index (χ3n) is 3.62. The molecule has 1 aromatic heterocycles. The van der Waals surface area contributed by atoms with Gasteiger partial charge in [0.15, 0.2) is 5.11 Å². The first-order chi connectivity index (χ1) is 11.9. The Morgan fingerprint density at radius 2 is 1.96 bits per heavy atom. The van der Waals surface area contributed by atoms with Crippen LogP contribution in [-0.2, 0) is 11.2 Å². The van der Waals surface area contributed by atoms with Crippen LogP contribution in [-0.4, -0.2) is 24.1 Å². The summed E-state index contributed by atoms with van der Waals surface area (Å²) >= 11 is 6.74. The zero-order valence-corrected chi connectivity index (χ0v) is 15.8. The van der Waals surface area contributed by atoms with E-state index < -0.39 is 11.9 Å². The fraction of sp³-hybridized carbons (Fsp3) is 0.235. The van der Waals surface area contributed by atoms with Gasteiger partial charge >= 0.3 is 5.97 Å². The maximum Gasteiger partial charge on any atom is 0.341 e. The first-order valence-electron chi connectivity index (χ1n) is 7.56. The molecule has 1 heterocycles. The van der Waals surface area contributed by atoms with Crippen molar-refractivity contribution in [2.45, 2.75) is 20.3 Å². The van der Waals surface area contributed by atoms with Crippen molar-refractivity contribution < 1.29 is 14.3 Å². The van der Waals surface area contributed by atoms with E-state index in [9.17, 15) is 9.59 Å². The molecule has 0 saturated carbocycles. The minimum absolute atomic E-state index is 0.253. The molecule has 0 spiro atoms. The number of hydrogen-bond donors (Lipinski definition) is 3. The van der Waals surface area contributed by atoms with Crippen LogP contribution in [0.25, 0.3) is 0 Å². The molecular weight excluding hydrogens is 358 g/mol. The number of aryl methyl sites for hydroxylation is 1. The van der Waals surface area contributed by atoms with Crippen molar-refractivity contribution in [1.29, 1.82) is 0 Å². The lowest BCUT2D eigenvalue weighted by Crippen LogP contribution is -2.22. The van der Waals surface area contributed by atoms with Crippen LogP contribution >= 0.6 is 23.6 Å². The molecule has 0 aliphatic carbocycles. The fourth-order valence-electron chi connectivity index (χ4n) is 2.47. The molecule has 2 rings (SSSR count). The van der Waals surface area contributed by atoms with Gasteiger partial charge in [0.1, 0.15) is 5.00 Å². The third-order valence-corrected chi connectivity index (χ3v) is 4.89. The van der Waals surface area contributed by atoms with Crippen LogP contribution in [0.3, 0.4) is 0 Å². The van der Waals surface area contributed by atoms with Crippen molar-refractivity contribution in [2.75, 3.05) is 17.7 Å². The van der Waals surface area contributed by atoms with Gasteiger partial charge in [0, 0.05) is 4.88 Å². The van der Waals surface area contributed by atoms with Crippen LogP contribution in [0.2, 0.25) is 0 Å². The number of carbonyl (C=O) groups is 2. The molecule has 0 aliphatic rings. The van der Waals surface area contributed by atoms with Crippen LogP contribution in [0.4, 0.5) is 10.7 Å². The molecule has 2 aromatic rings. The number of ether oxygens (including phenoxy) is 1. The summed E-state index contributed by atoms with van der Waals surface area (Å²) in [4.78, 5) is 24.6. The quantitative estimate of drug-likeness (QED) is 0.547. The van der Waals surface area contributed by atoms with E-state index in [1.165, 1.54) is 18.4 Å². The molecule has 0 fully saturated rings. The highest BCUT2D eigenvalue weighted by atomic mass is 32.1. The van der Waals surface area contributed by atoms with Gasteiger partial charge in [0.25, 0.3) is 5.91 Å². The molecule has 1 aromatic carbocycles. The first-order valence-corrected chi connectivity index (χ1v) is 8.78. The van der Waals surface area contributed by atoms with E-state index in [4.69, 9.17) is 22.7 Å². The second-order valence-electron chi connectivity index (χ2n) is 5.18. The van der Waals surface area contributed by atoms with Crippen LogP contribution < -0.4 is 16.4 Å². The molecule has 1 amide bonds. The second-order valence-corrected chi connectivity index (χ2v) is 6.81. The third kappa shape index (κ3) is 4.15. The molecule has 8 heteroatoms. The molecule has 0 saturated heterocycles. The highest BCUT2D eigenvalue weighted by molar-refractivity contribution is 7.80. The summed E-state index contributed by atoms with van der Waals surface area (Å²) in [6.07, 6.45) is 0.707. The maximum absolute atomic E-state index is 12.1. The molecule has 6 nitrogen and oxygen atoms in total. The summed E-state index contributed by atoms with van der Waals surface area (Å²) in [5, 5.41) is 6.83. The molecule has 4 N–H and O–H groups in total. The Morgan fingerprint density at radius 3 is 2.56 bits per heavy atom. The Bertz CT molecular complexity index is 831. The Labute approximate surface area is 155 Å². The summed E-state index contributed by atoms with van der Waals surface area (Å²) in [6, 6.07) is 6.79. The summed E-state index contributed by atoms with van der Waals surface area (Å²) < 4.78 is 4.89. The summed E-state index contributed by atoms with van der Waals surface area (Å²) in [7, 11) is 1.35. The number of methoxy groups -OCH3 is 1. The van der Waals surface area contributed by atoms with Gasteiger partial charge in [-0.3, -0.25) is 4.79 Å². The van der Waals surface area contributed by atoms with Crippen molar-refractivity contribution in [2.24, 2.45) is 5.73 Å². The Balaban J connectivity index is 2.27. The van der Waals surface area contributed by atoms with Crippen LogP contribution in [0.15, 0.2) is 24.3 Å². The lowest BCUT2D eigenvalue weighted by atomic mass is 10.1. The fourth-order valence-corrected chi connectivity index (χ4v) is 3.89. The zero-order chi connectivity index (χ0) is 18.6. The Hall–Kier alpha value is -2.45. The van der Waals surface area contributed by atoms with E-state index in [1.807, 2.05) is 13.8 Å². The van der Waals surface area contributed by atoms with E-state index in [1.54, 1.807) is 24.3 Å². The van der Waals surface area contributed by atoms with E-state index in [-0.39, 0.29) is 5.11 Å². The number of anilines is 2. The highest BCUT2D eigenvalue weighted by Crippen LogP contribution is 2.34. The van der Waals surface area contributed by atoms with E-state index in [2.05, 4.69) is 10.6 Å². The molecule has 0 aliphatic heterocycles. The number of hydrogen-bond acceptors (Lipinski definition) is 5. The lowest BCUT2D eigenvalue weighted by Gasteiger charge is -2.13. The number of para-hydroxylation sites is 1. The lowest BCUT2D eigenvalue weighted by molar-refractivity contribution is 0.0601. The normalized spacial score (nSPS) is 10.2. The smallest absolute Gasteiger partial charge is 0.341 e. The molecule has 25 heavy (non-hydrogen) atoms. The molecule has 132 valence electrons. The van der Waals surface area contributed by atoms with E-state index in [0.29, 0.717) is 28.2 Å². The number of nitrogens with one attached hydrogen (secondary N) is 2. The van der Waals surface area contributed by atoms with Gasteiger partial charge in [-0.15, -0.1) is 11.3 Å². The Kier molecular flexibility index (Phi) is 6.11. The standard InChI is InChI=1S/C17H19N3O3S2/c1-4-10-9(2)25-15(13(10)16(22)23-3)20-17(24)19-12-8-6-5-7-11(12)14(18)21/h5-8H,4H2,1-3H3,(H2,18,21)(H2,19,20,24). The van der Waals surface area contributed by atoms with Gasteiger partial charge in [0.05, 0.1) is 23.9 Å². The molecule has 0 atom stereocenters. The van der Waals surface area contributed by atoms with E-state index in [0.717, 1.165) is 10.4 Å². The Morgan fingerprint density at radius 1 is 1.28 bits per heavy atom. The predicted molar refractivity (Wildman–Crippen MR) is 105 cm³/mol. The predicted octanol–water partition coefficient (Wildman–Crippen LogP) is 3.31. The van der Waals surface area contributed by atoms with Gasteiger partial charge in [-0.25, -0.2) is 4.79 Å². The minimum Gasteiger partial charge on any atom is -0.465 e. The minimum atomic E-state index is -0.554. The van der Waals surface area contributed by atoms with Gasteiger partial charge in [-0.2, -0.15) is 0 Å². The number of esters is 1. The average molecular weight is 377 g/mol. The number of thiocarbonyl (C=S) groups is 1. The number of benzene rings is 1. The summed E-state index contributed by atoms with van der Waals surface area (Å²) in [6.45, 7) is 3.92. The van der Waals surface area contributed by atoms with Crippen LogP contribution in [0, 0.1) is 6.92 Å². The SMILES string of the molecule is CCc1c(C)sc(NC(=S)Nc2ccccc2C(N)=O)c1C(=O)OC. The first kappa shape index (κ1) is 18.9. The molecule has 0 radical (unpaired) electrons. The topological polar surface area (TPSA) is 93.5 Å². The van der Waals surface area contributed by atoms with Gasteiger partial charge in [-0.05, 0) is 43.3 Å². The monoisotopic (exact) mass is 377 g/mol. The van der Waals surface area contributed by atoms with Gasteiger partial charge in [-0.1, -0.05) is 19.1 Å². The number of rotatable bonds is 5. The zero-order valence-electron chi connectivity index (χ0n) is 14.1. The van der Waals surface area contributed by atoms with Crippen molar-refractivity contribution in [3.63, 3.8) is 0 Å². The van der Waals surface area contributed by atoms with Crippen molar-refractivity contribution in [3.8, 4) is 0 Å².